The fourth-order valence-corrected chi connectivity index (χ4v) is 5.38. The largest absolute Gasteiger partial charge is 0.541 e. The minimum Gasteiger partial charge on any atom is -0.541 e. The number of rotatable bonds is 8. The molecule has 37 heavy (non-hydrogen) atoms. The molecule has 0 bridgehead atoms. The molecule has 0 saturated heterocycles. The minimum absolute atomic E-state index is 0.00991. The molecule has 1 aliphatic rings. The van der Waals surface area contributed by atoms with Crippen LogP contribution in [0.3, 0.4) is 0 Å². The van der Waals surface area contributed by atoms with Crippen molar-refractivity contribution in [2.24, 2.45) is 0 Å². The van der Waals surface area contributed by atoms with Gasteiger partial charge in [0.1, 0.15) is 12.4 Å². The summed E-state index contributed by atoms with van der Waals surface area (Å²) in [7, 11) is -1.08. The van der Waals surface area contributed by atoms with Crippen LogP contribution >= 0.6 is 0 Å². The van der Waals surface area contributed by atoms with Crippen molar-refractivity contribution in [2.45, 2.75) is 84.4 Å². The van der Waals surface area contributed by atoms with E-state index in [4.69, 9.17) is 28.1 Å². The first-order valence-corrected chi connectivity index (χ1v) is 18.6. The third kappa shape index (κ3) is 6.18. The van der Waals surface area contributed by atoms with Gasteiger partial charge >= 0.3 is 0 Å². The molecule has 0 amide bonds. The quantitative estimate of drug-likeness (QED) is 0.189. The molecule has 0 unspecified atom stereocenters. The van der Waals surface area contributed by atoms with E-state index in [1.54, 1.807) is 14.2 Å². The van der Waals surface area contributed by atoms with Gasteiger partial charge in [0.05, 0.1) is 19.8 Å². The van der Waals surface area contributed by atoms with E-state index in [2.05, 4.69) is 73.8 Å². The lowest BCUT2D eigenvalue weighted by molar-refractivity contribution is -0.194. The van der Waals surface area contributed by atoms with Gasteiger partial charge in [-0.3, -0.25) is 0 Å². The molecule has 0 N–H and O–H groups in total. The zero-order chi connectivity index (χ0) is 27.8. The number of hydrogen-bond donors (Lipinski definition) is 0. The van der Waals surface area contributed by atoms with Gasteiger partial charge in [-0.25, -0.2) is 0 Å². The van der Waals surface area contributed by atoms with Crippen molar-refractivity contribution < 1.29 is 28.1 Å². The first-order chi connectivity index (χ1) is 17.0. The van der Waals surface area contributed by atoms with Crippen molar-refractivity contribution in [2.75, 3.05) is 14.2 Å². The molecular weight excluding hydrogens is 500 g/mol. The Hall–Kier alpha value is -2.43. The van der Waals surface area contributed by atoms with Gasteiger partial charge in [0.15, 0.2) is 23.0 Å². The smallest absolute Gasteiger partial charge is 0.250 e. The molecule has 3 rings (SSSR count). The lowest BCUT2D eigenvalue weighted by atomic mass is 10.1. The Morgan fingerprint density at radius 2 is 1.32 bits per heavy atom. The summed E-state index contributed by atoms with van der Waals surface area (Å²) >= 11 is 0. The highest BCUT2D eigenvalue weighted by Gasteiger charge is 2.43. The maximum absolute atomic E-state index is 6.97. The second-order valence-corrected chi connectivity index (χ2v) is 22.1. The third-order valence-corrected chi connectivity index (χ3v) is 16.5. The minimum atomic E-state index is -2.21. The maximum atomic E-state index is 6.97. The highest BCUT2D eigenvalue weighted by molar-refractivity contribution is 6.75. The Morgan fingerprint density at radius 1 is 0.757 bits per heavy atom. The second-order valence-electron chi connectivity index (χ2n) is 12.6. The average molecular weight is 545 g/mol. The summed E-state index contributed by atoms with van der Waals surface area (Å²) < 4.78 is 25.2. The third-order valence-electron chi connectivity index (χ3n) is 7.87. The van der Waals surface area contributed by atoms with Crippen LogP contribution in [-0.2, 0) is 11.5 Å². The SMILES string of the molecule is COc1cc(C=Cc2ccc(OC)c(O[Si](C)(C)C(C)(C)C)c2O[Si](C)(C)C(C)(C)C)cc2c1COO2. The monoisotopic (exact) mass is 544 g/mol. The van der Waals surface area contributed by atoms with Crippen LogP contribution in [-0.4, -0.2) is 30.9 Å². The normalized spacial score (nSPS) is 14.4. The van der Waals surface area contributed by atoms with E-state index in [0.717, 1.165) is 28.2 Å². The molecule has 8 heteroatoms. The van der Waals surface area contributed by atoms with Gasteiger partial charge in [0, 0.05) is 5.56 Å². The zero-order valence-electron chi connectivity index (χ0n) is 24.6. The molecule has 1 aliphatic heterocycles. The van der Waals surface area contributed by atoms with Crippen LogP contribution in [0.1, 0.15) is 58.2 Å². The van der Waals surface area contributed by atoms with Crippen LogP contribution in [0.2, 0.25) is 36.3 Å². The van der Waals surface area contributed by atoms with Crippen LogP contribution in [0.4, 0.5) is 0 Å². The summed E-state index contributed by atoms with van der Waals surface area (Å²) in [5.41, 5.74) is 2.77. The molecular formula is C29H44O6Si2. The highest BCUT2D eigenvalue weighted by atomic mass is 28.4. The van der Waals surface area contributed by atoms with Crippen molar-refractivity contribution in [3.63, 3.8) is 0 Å². The maximum Gasteiger partial charge on any atom is 0.250 e. The van der Waals surface area contributed by atoms with Crippen molar-refractivity contribution in [3.8, 4) is 28.7 Å². The summed E-state index contributed by atoms with van der Waals surface area (Å²) in [6.45, 7) is 22.8. The highest BCUT2D eigenvalue weighted by Crippen LogP contribution is 2.49. The Bertz CT molecular complexity index is 1160. The summed E-state index contributed by atoms with van der Waals surface area (Å²) in [5.74, 6) is 3.52. The average Bonchev–Trinajstić information content (AvgIpc) is 3.25. The van der Waals surface area contributed by atoms with Crippen molar-refractivity contribution in [3.05, 3.63) is 41.0 Å². The number of hydrogen-bond acceptors (Lipinski definition) is 6. The van der Waals surface area contributed by atoms with Crippen molar-refractivity contribution >= 4 is 28.8 Å². The molecule has 0 aromatic heterocycles. The van der Waals surface area contributed by atoms with Gasteiger partial charge in [-0.2, -0.15) is 4.89 Å². The first kappa shape index (κ1) is 29.1. The van der Waals surface area contributed by atoms with Crippen molar-refractivity contribution in [1.82, 2.24) is 0 Å². The van der Waals surface area contributed by atoms with Crippen LogP contribution < -0.4 is 23.2 Å². The molecule has 0 fully saturated rings. The van der Waals surface area contributed by atoms with E-state index in [-0.39, 0.29) is 10.1 Å². The summed E-state index contributed by atoms with van der Waals surface area (Å²) in [6.07, 6.45) is 4.08. The molecule has 6 nitrogen and oxygen atoms in total. The summed E-state index contributed by atoms with van der Waals surface area (Å²) in [5, 5.41) is 0.0249. The van der Waals surface area contributed by atoms with Crippen LogP contribution in [0.15, 0.2) is 24.3 Å². The zero-order valence-corrected chi connectivity index (χ0v) is 26.6. The summed E-state index contributed by atoms with van der Waals surface area (Å²) in [6, 6.07) is 7.92. The number of methoxy groups -OCH3 is 2. The Labute approximate surface area is 225 Å². The molecule has 1 heterocycles. The van der Waals surface area contributed by atoms with Gasteiger partial charge in [-0.05, 0) is 66.1 Å². The molecule has 0 radical (unpaired) electrons. The predicted molar refractivity (Wildman–Crippen MR) is 156 cm³/mol. The van der Waals surface area contributed by atoms with Crippen LogP contribution in [0.5, 0.6) is 28.7 Å². The topological polar surface area (TPSA) is 55.4 Å². The molecule has 2 aromatic rings. The van der Waals surface area contributed by atoms with E-state index in [1.165, 1.54) is 0 Å². The second kappa shape index (κ2) is 10.4. The Balaban J connectivity index is 2.17. The summed E-state index contributed by atoms with van der Waals surface area (Å²) in [4.78, 5) is 10.5. The van der Waals surface area contributed by atoms with Crippen LogP contribution in [0.25, 0.3) is 12.2 Å². The van der Waals surface area contributed by atoms with Gasteiger partial charge in [0.25, 0.3) is 16.6 Å². The molecule has 0 atom stereocenters. The van der Waals surface area contributed by atoms with E-state index >= 15 is 0 Å². The lowest BCUT2D eigenvalue weighted by Gasteiger charge is -2.40. The van der Waals surface area contributed by atoms with E-state index in [1.807, 2.05) is 30.3 Å². The van der Waals surface area contributed by atoms with Gasteiger partial charge in [0.2, 0.25) is 0 Å². The molecule has 0 aliphatic carbocycles. The van der Waals surface area contributed by atoms with Gasteiger partial charge < -0.3 is 23.2 Å². The van der Waals surface area contributed by atoms with E-state index in [0.29, 0.717) is 23.9 Å². The number of benzene rings is 2. The fourth-order valence-electron chi connectivity index (χ4n) is 3.34. The standard InChI is InChI=1S/C29H44O6Si2/c1-28(2,3)36(9,10)34-26-21(14-13-20-17-24(31-8)22-19-32-33-25(22)18-20)15-16-23(30-7)27(26)35-37(11,12)29(4,5)6/h13-18H,19H2,1-12H3. The fraction of sp³-hybridized carbons (Fsp3) is 0.517. The number of ether oxygens (including phenoxy) is 2. The predicted octanol–water partition coefficient (Wildman–Crippen LogP) is 8.47. The van der Waals surface area contributed by atoms with E-state index < -0.39 is 16.6 Å². The van der Waals surface area contributed by atoms with Gasteiger partial charge in [-0.15, -0.1) is 0 Å². The molecule has 2 aromatic carbocycles. The van der Waals surface area contributed by atoms with Crippen molar-refractivity contribution in [1.29, 1.82) is 0 Å². The molecule has 204 valence electrons. The van der Waals surface area contributed by atoms with Gasteiger partial charge in [-0.1, -0.05) is 53.7 Å². The lowest BCUT2D eigenvalue weighted by Crippen LogP contribution is -2.46. The van der Waals surface area contributed by atoms with E-state index in [9.17, 15) is 0 Å². The molecule has 0 spiro atoms. The number of fused-ring (bicyclic) bond motifs is 1. The first-order valence-electron chi connectivity index (χ1n) is 12.8. The molecule has 0 saturated carbocycles. The Kier molecular flexibility index (Phi) is 8.18. The van der Waals surface area contributed by atoms with Crippen LogP contribution in [0, 0.1) is 0 Å². The Morgan fingerprint density at radius 3 is 1.86 bits per heavy atom.